The summed E-state index contributed by atoms with van der Waals surface area (Å²) < 4.78 is 44.6. The Kier molecular flexibility index (Phi) is 24.4. The maximum atomic E-state index is 13.2. The molecule has 6 heterocycles. The zero-order valence-electron chi connectivity index (χ0n) is 56.0. The number of hydrogen-bond acceptors (Lipinski definition) is 24. The Morgan fingerprint density at radius 2 is 0.939 bits per heavy atom. The predicted octanol–water partition coefficient (Wildman–Crippen LogP) is -1.57. The van der Waals surface area contributed by atoms with Crippen LogP contribution in [0.15, 0.2) is 87.0 Å². The van der Waals surface area contributed by atoms with Crippen molar-refractivity contribution in [3.05, 3.63) is 137 Å². The third kappa shape index (κ3) is 12.1. The molecule has 26 nitrogen and oxygen atoms in total. The van der Waals surface area contributed by atoms with Crippen molar-refractivity contribution >= 4 is 59.2 Å². The summed E-state index contributed by atoms with van der Waals surface area (Å²) in [6.45, 7) is 15.1. The van der Waals surface area contributed by atoms with Gasteiger partial charge in [0.2, 0.25) is 0 Å². The topological polar surface area (TPSA) is 354 Å². The molecule has 12 atom stereocenters. The standard InChI is InChI=1S/C25H27NO8.C21H23NO6.C18H21NO4.C4H5ClO2.CH2O3.2K.H/c1-3-11-31-22(29)26-10-9-24-19-15-5-6-16(14-27)20(19)33-21(24)17(28)7-8-25(24,18(26)13-15)34-23(30)32-12-4-2;1-2-9-27-19(25)22-8-7-20-16-12-3-4-13(11-23)17(16)28-18(20)14(24)5-6-21(20,26)15(22)10-12;1-19-7-6-17-14-10-2-3-11(9-20)15(14)23-16(17)12(21)4-5-18(17,22)13(19)8-10;1-2-3-7-4(5)6;2-1-4-3;;;/h3-6,18,21,27H,1-2,7-14H2;2-4,15,18,23,26H,1,5-11H2;2-3,13,16,20,22H,4-9H2,1H3;2H,1,3H2;1,3H;;;/q;;;;;2*+1;-1/p-1/t18-,21+,24+,25-;15-,18+,20+,21-;13-,16+,17+,18-;;;;;/m111...../s1. The van der Waals surface area contributed by atoms with Crippen LogP contribution in [0.1, 0.15) is 109 Å². The molecule has 15 rings (SSSR count). The molecule has 516 valence electrons. The Balaban J connectivity index is 0.000000175. The van der Waals surface area contributed by atoms with Crippen LogP contribution in [-0.4, -0.2) is 194 Å². The van der Waals surface area contributed by atoms with Crippen LogP contribution in [0.5, 0.6) is 17.2 Å². The van der Waals surface area contributed by atoms with Crippen LogP contribution in [-0.2, 0) is 103 Å². The van der Waals surface area contributed by atoms with Crippen LogP contribution >= 0.6 is 11.6 Å². The van der Waals surface area contributed by atoms with Gasteiger partial charge in [0.25, 0.3) is 6.47 Å². The van der Waals surface area contributed by atoms with Gasteiger partial charge in [-0.15, -0.1) is 0 Å². The van der Waals surface area contributed by atoms with Crippen molar-refractivity contribution < 1.29 is 216 Å². The molecule has 29 heteroatoms. The SMILES string of the molecule is C=CCOC(=O)Cl.C=CCOC(=O)N1CC[C@]23c4c5ccc(CO)c4O[C@H]2C(=O)CC[C@@]3(O)[C@H]1C5.C=CCOC(=O)O[C@@]12CCC(=O)[C@@H]3Oc4c(CO)ccc5c4[C@@]31CCN(C(=O)OCC=C)[C@@H]2C5.CN1CC[C@]23c4c5ccc(CO)c4O[C@H]2C(=O)CC[C@@]3(O)[C@H]1C5.O=CO[O-].[H-].[K+].[K+]. The van der Waals surface area contributed by atoms with E-state index in [-0.39, 0.29) is 206 Å². The van der Waals surface area contributed by atoms with Gasteiger partial charge in [-0.3, -0.25) is 19.2 Å². The van der Waals surface area contributed by atoms with Gasteiger partial charge in [-0.05, 0) is 88.1 Å². The van der Waals surface area contributed by atoms with Gasteiger partial charge in [-0.25, -0.2) is 19.2 Å². The smallest absolute Gasteiger partial charge is 1.00 e. The van der Waals surface area contributed by atoms with E-state index in [1.165, 1.54) is 24.3 Å². The number of ketones is 3. The number of aliphatic hydroxyl groups is 5. The fourth-order valence-corrected chi connectivity index (χ4v) is 18.3. The summed E-state index contributed by atoms with van der Waals surface area (Å²) in [5.41, 5.74) is 0.843. The summed E-state index contributed by atoms with van der Waals surface area (Å²) in [6, 6.07) is 10.3. The third-order valence-electron chi connectivity index (χ3n) is 21.9. The zero-order chi connectivity index (χ0) is 68.9. The molecule has 3 aromatic carbocycles. The number of amides is 2. The third-order valence-corrected chi connectivity index (χ3v) is 22.0. The minimum Gasteiger partial charge on any atom is -1.00 e. The zero-order valence-corrected chi connectivity index (χ0v) is 62.0. The van der Waals surface area contributed by atoms with Gasteiger partial charge in [-0.1, -0.05) is 87.0 Å². The van der Waals surface area contributed by atoms with Crippen LogP contribution in [0.3, 0.4) is 0 Å². The first-order valence-corrected chi connectivity index (χ1v) is 32.2. The van der Waals surface area contributed by atoms with Gasteiger partial charge in [0.05, 0.1) is 59.4 Å². The van der Waals surface area contributed by atoms with E-state index in [1.54, 1.807) is 21.9 Å². The van der Waals surface area contributed by atoms with Gasteiger partial charge >= 0.3 is 127 Å². The van der Waals surface area contributed by atoms with Crippen LogP contribution in [0.25, 0.3) is 0 Å². The Hall–Kier alpha value is -4.94. The number of aliphatic hydroxyl groups excluding tert-OH is 3. The fraction of sp³-hybridized carbons (Fsp3) is 0.507. The first-order valence-electron chi connectivity index (χ1n) is 31.8. The van der Waals surface area contributed by atoms with E-state index in [0.717, 1.165) is 58.3 Å². The summed E-state index contributed by atoms with van der Waals surface area (Å²) in [5, 5.41) is 61.5. The summed E-state index contributed by atoms with van der Waals surface area (Å²) in [7, 11) is 2.06. The number of likely N-dealkylation sites (tertiary alicyclic amines) is 3. The summed E-state index contributed by atoms with van der Waals surface area (Å²) in [5.74, 6) is 1.65. The van der Waals surface area contributed by atoms with Crippen LogP contribution in [0.4, 0.5) is 19.2 Å². The number of hydrogen-bond donors (Lipinski definition) is 5. The summed E-state index contributed by atoms with van der Waals surface area (Å²) in [4.78, 5) is 104. The summed E-state index contributed by atoms with van der Waals surface area (Å²) >= 11 is 4.75. The number of benzene rings is 3. The number of carbonyl (C=O) groups excluding carboxylic acids is 8. The second kappa shape index (κ2) is 30.9. The molecular weight excluding hydrogens is 1350 g/mol. The first kappa shape index (κ1) is 77.2. The van der Waals surface area contributed by atoms with Crippen molar-refractivity contribution in [2.75, 3.05) is 53.1 Å². The normalized spacial score (nSPS) is 30.6. The molecule has 0 unspecified atom stereocenters. The van der Waals surface area contributed by atoms with E-state index in [0.29, 0.717) is 80.0 Å². The van der Waals surface area contributed by atoms with Gasteiger partial charge < -0.3 is 89.7 Å². The monoisotopic (exact) mass is 1430 g/mol. The molecule has 3 spiro atoms. The van der Waals surface area contributed by atoms with Crippen molar-refractivity contribution in [2.24, 2.45) is 0 Å². The van der Waals surface area contributed by atoms with E-state index < -0.39 is 87.2 Å². The molecule has 12 aliphatic rings. The molecule has 6 fully saturated rings. The van der Waals surface area contributed by atoms with E-state index in [2.05, 4.69) is 47.9 Å². The number of carbonyl (C=O) groups is 8. The van der Waals surface area contributed by atoms with E-state index in [1.807, 2.05) is 24.3 Å². The molecule has 5 N–H and O–H groups in total. The molecule has 6 bridgehead atoms. The number of nitrogens with zero attached hydrogens (tertiary/aromatic N) is 3. The molecule has 0 aromatic heterocycles. The number of piperidine rings is 3. The van der Waals surface area contributed by atoms with Crippen molar-refractivity contribution in [1.82, 2.24) is 14.7 Å². The number of halogens is 1. The van der Waals surface area contributed by atoms with Crippen molar-refractivity contribution in [3.8, 4) is 17.2 Å². The van der Waals surface area contributed by atoms with E-state index in [4.69, 9.17) is 54.8 Å². The minimum atomic E-state index is -1.27. The average Bonchev–Trinajstić information content (AvgIpc) is 1.60. The summed E-state index contributed by atoms with van der Waals surface area (Å²) in [6.07, 6.45) is 6.46. The fourth-order valence-electron chi connectivity index (χ4n) is 18.2. The molecular formula is C69H78ClK2N3O23. The predicted molar refractivity (Wildman–Crippen MR) is 334 cm³/mol. The van der Waals surface area contributed by atoms with E-state index >= 15 is 0 Å². The molecule has 6 aliphatic heterocycles. The van der Waals surface area contributed by atoms with Gasteiger partial charge in [0.15, 0.2) is 41.3 Å². The number of likely N-dealkylation sites (N-methyl/N-ethyl adjacent to an activating group) is 1. The maximum Gasteiger partial charge on any atom is 1.00 e. The van der Waals surface area contributed by atoms with Crippen molar-refractivity contribution in [1.29, 1.82) is 0 Å². The molecule has 6 aliphatic carbocycles. The molecule has 3 aromatic rings. The van der Waals surface area contributed by atoms with Gasteiger partial charge in [0, 0.05) is 83.4 Å². The van der Waals surface area contributed by atoms with Crippen LogP contribution < -0.4 is 122 Å². The number of Topliss-reactive ketones (excluding diaryl/α,β-unsaturated/α-hetero) is 3. The molecule has 98 heavy (non-hydrogen) atoms. The molecule has 3 saturated heterocycles. The van der Waals surface area contributed by atoms with Gasteiger partial charge in [-0.2, -0.15) is 0 Å². The largest absolute Gasteiger partial charge is 1.00 e. The van der Waals surface area contributed by atoms with Crippen molar-refractivity contribution in [3.63, 3.8) is 0 Å². The first-order chi connectivity index (χ1) is 46.1. The second-order valence-corrected chi connectivity index (χ2v) is 26.1. The second-order valence-electron chi connectivity index (χ2n) is 25.8. The Morgan fingerprint density at radius 1 is 0.571 bits per heavy atom. The molecule has 2 amide bonds. The number of rotatable bonds is 13. The molecule has 0 radical (unpaired) electrons. The average molecular weight is 1430 g/mol. The van der Waals surface area contributed by atoms with Gasteiger partial charge in [0.1, 0.15) is 43.7 Å². The van der Waals surface area contributed by atoms with E-state index in [9.17, 15) is 59.1 Å². The van der Waals surface area contributed by atoms with Crippen molar-refractivity contribution in [2.45, 2.75) is 166 Å². The minimum absolute atomic E-state index is 0. The Morgan fingerprint density at radius 3 is 1.37 bits per heavy atom. The molecule has 3 saturated carbocycles. The maximum absolute atomic E-state index is 13.2. The van der Waals surface area contributed by atoms with Crippen LogP contribution in [0.2, 0.25) is 0 Å². The Bertz CT molecular complexity index is 3720. The number of ether oxygens (including phenoxy) is 8. The van der Waals surface area contributed by atoms with Crippen LogP contribution in [0, 0.1) is 0 Å². The Labute approximate surface area is 656 Å². The quantitative estimate of drug-likeness (QED) is 0.0189.